The zero-order valence-corrected chi connectivity index (χ0v) is 20.0. The van der Waals surface area contributed by atoms with Crippen LogP contribution in [0.4, 0.5) is 5.69 Å². The van der Waals surface area contributed by atoms with E-state index in [1.165, 1.54) is 11.1 Å². The van der Waals surface area contributed by atoms with Gasteiger partial charge in [-0.25, -0.2) is 0 Å². The van der Waals surface area contributed by atoms with Crippen LogP contribution in [-0.4, -0.2) is 14.7 Å². The molecule has 0 saturated carbocycles. The molecule has 2 aromatic heterocycles. The Morgan fingerprint density at radius 2 is 1.73 bits per heavy atom. The maximum absolute atomic E-state index is 5.89. The fraction of sp³-hybridized carbons (Fsp3) is 0.214. The van der Waals surface area contributed by atoms with Crippen LogP contribution < -0.4 is 10.2 Å². The zero-order valence-electron chi connectivity index (χ0n) is 19.1. The second kappa shape index (κ2) is 8.83. The number of hydrogen-bond acceptors (Lipinski definition) is 2. The number of anilines is 1. The second-order valence-corrected chi connectivity index (χ2v) is 9.27. The zero-order chi connectivity index (χ0) is 22.9. The van der Waals surface area contributed by atoms with Crippen LogP contribution in [0.5, 0.6) is 0 Å². The highest BCUT2D eigenvalue weighted by molar-refractivity contribution is 7.80. The van der Waals surface area contributed by atoms with E-state index in [0.29, 0.717) is 11.0 Å². The van der Waals surface area contributed by atoms with Crippen LogP contribution in [0.15, 0.2) is 91.3 Å². The molecule has 4 nitrogen and oxygen atoms in total. The van der Waals surface area contributed by atoms with Gasteiger partial charge in [-0.15, -0.1) is 0 Å². The van der Waals surface area contributed by atoms with Crippen molar-refractivity contribution < 1.29 is 0 Å². The second-order valence-electron chi connectivity index (χ2n) is 8.88. The predicted molar refractivity (Wildman–Crippen MR) is 139 cm³/mol. The molecule has 1 fully saturated rings. The largest absolute Gasteiger partial charge is 0.351 e. The van der Waals surface area contributed by atoms with E-state index in [2.05, 4.69) is 113 Å². The molecule has 0 spiro atoms. The number of rotatable bonds is 5. The highest BCUT2D eigenvalue weighted by Gasteiger charge is 2.42. The number of aromatic nitrogens is 2. The summed E-state index contributed by atoms with van der Waals surface area (Å²) in [5.41, 5.74) is 6.91. The molecule has 5 rings (SSSR count). The first-order valence-corrected chi connectivity index (χ1v) is 11.8. The fourth-order valence-corrected chi connectivity index (χ4v) is 4.95. The van der Waals surface area contributed by atoms with Crippen molar-refractivity contribution >= 4 is 23.0 Å². The normalized spacial score (nSPS) is 18.1. The van der Waals surface area contributed by atoms with E-state index in [-0.39, 0.29) is 12.1 Å². The highest BCUT2D eigenvalue weighted by Crippen LogP contribution is 2.42. The van der Waals surface area contributed by atoms with Gasteiger partial charge in [-0.1, -0.05) is 44.2 Å². The maximum Gasteiger partial charge on any atom is 0.174 e. The average molecular weight is 453 g/mol. The Hall–Kier alpha value is -3.44. The third kappa shape index (κ3) is 4.05. The van der Waals surface area contributed by atoms with E-state index in [9.17, 15) is 0 Å². The Kier molecular flexibility index (Phi) is 5.73. The van der Waals surface area contributed by atoms with Gasteiger partial charge in [0.15, 0.2) is 5.11 Å². The number of aryl methyl sites for hydroxylation is 1. The molecule has 0 amide bonds. The van der Waals surface area contributed by atoms with Crippen LogP contribution >= 0.6 is 12.2 Å². The molecule has 2 aromatic carbocycles. The molecule has 0 aliphatic carbocycles. The van der Waals surface area contributed by atoms with Crippen LogP contribution in [0.3, 0.4) is 0 Å². The molecule has 0 unspecified atom stereocenters. The SMILES string of the molecule is Cc1cccc(-n2cccc2[C@@H]2[C@@H](c3ccccn3)NC(=S)N2c2ccc(C(C)C)cc2)c1. The molecule has 166 valence electrons. The Morgan fingerprint density at radius 3 is 2.42 bits per heavy atom. The van der Waals surface area contributed by atoms with E-state index in [1.807, 2.05) is 18.3 Å². The highest BCUT2D eigenvalue weighted by atomic mass is 32.1. The average Bonchev–Trinajstić information content (AvgIpc) is 3.44. The lowest BCUT2D eigenvalue weighted by Crippen LogP contribution is -2.30. The lowest BCUT2D eigenvalue weighted by atomic mass is 9.99. The van der Waals surface area contributed by atoms with Crippen LogP contribution in [0.25, 0.3) is 5.69 Å². The summed E-state index contributed by atoms with van der Waals surface area (Å²) in [7, 11) is 0. The molecular formula is C28H28N4S. The first-order valence-electron chi connectivity index (χ1n) is 11.4. The van der Waals surface area contributed by atoms with Gasteiger partial charge in [0.25, 0.3) is 0 Å². The molecule has 1 aliphatic rings. The third-order valence-electron chi connectivity index (χ3n) is 6.30. The number of nitrogens with one attached hydrogen (secondary N) is 1. The summed E-state index contributed by atoms with van der Waals surface area (Å²) < 4.78 is 2.26. The molecule has 0 bridgehead atoms. The van der Waals surface area contributed by atoms with Gasteiger partial charge in [0.05, 0.1) is 11.7 Å². The molecular weight excluding hydrogens is 424 g/mol. The van der Waals surface area contributed by atoms with Crippen molar-refractivity contribution in [2.75, 3.05) is 4.90 Å². The summed E-state index contributed by atoms with van der Waals surface area (Å²) in [6, 6.07) is 27.6. The number of hydrogen-bond donors (Lipinski definition) is 1. The number of thiocarbonyl (C=S) groups is 1. The van der Waals surface area contributed by atoms with Gasteiger partial charge < -0.3 is 14.8 Å². The van der Waals surface area contributed by atoms with Crippen molar-refractivity contribution in [3.63, 3.8) is 0 Å². The van der Waals surface area contributed by atoms with Gasteiger partial charge in [0, 0.05) is 29.5 Å². The first-order chi connectivity index (χ1) is 16.0. The molecule has 3 heterocycles. The summed E-state index contributed by atoms with van der Waals surface area (Å²) in [6.07, 6.45) is 3.97. The summed E-state index contributed by atoms with van der Waals surface area (Å²) in [6.45, 7) is 6.55. The third-order valence-corrected chi connectivity index (χ3v) is 6.61. The predicted octanol–water partition coefficient (Wildman–Crippen LogP) is 6.48. The maximum atomic E-state index is 5.89. The fourth-order valence-electron chi connectivity index (χ4n) is 4.60. The number of benzene rings is 2. The van der Waals surface area contributed by atoms with Crippen LogP contribution in [0.1, 0.15) is 54.4 Å². The van der Waals surface area contributed by atoms with Crippen LogP contribution in [0, 0.1) is 6.92 Å². The van der Waals surface area contributed by atoms with Gasteiger partial charge in [-0.2, -0.15) is 0 Å². The minimum atomic E-state index is -0.0677. The van der Waals surface area contributed by atoms with E-state index in [0.717, 1.165) is 22.8 Å². The molecule has 0 radical (unpaired) electrons. The molecule has 1 N–H and O–H groups in total. The Morgan fingerprint density at radius 1 is 0.909 bits per heavy atom. The minimum absolute atomic E-state index is 0.0483. The van der Waals surface area contributed by atoms with Crippen molar-refractivity contribution in [2.45, 2.75) is 38.8 Å². The van der Waals surface area contributed by atoms with Crippen molar-refractivity contribution in [3.05, 3.63) is 114 Å². The summed E-state index contributed by atoms with van der Waals surface area (Å²) in [5, 5.41) is 4.28. The van der Waals surface area contributed by atoms with Crippen molar-refractivity contribution in [1.29, 1.82) is 0 Å². The smallest absolute Gasteiger partial charge is 0.174 e. The van der Waals surface area contributed by atoms with Gasteiger partial charge in [-0.3, -0.25) is 4.98 Å². The molecule has 33 heavy (non-hydrogen) atoms. The van der Waals surface area contributed by atoms with Crippen molar-refractivity contribution in [3.8, 4) is 5.69 Å². The molecule has 4 aromatic rings. The van der Waals surface area contributed by atoms with E-state index in [4.69, 9.17) is 12.2 Å². The summed E-state index contributed by atoms with van der Waals surface area (Å²) >= 11 is 5.89. The molecule has 2 atom stereocenters. The Bertz CT molecular complexity index is 1260. The number of pyridine rings is 1. The first kappa shape index (κ1) is 21.4. The van der Waals surface area contributed by atoms with E-state index < -0.39 is 0 Å². The summed E-state index contributed by atoms with van der Waals surface area (Å²) in [4.78, 5) is 6.92. The number of nitrogens with zero attached hydrogens (tertiary/aromatic N) is 3. The monoisotopic (exact) mass is 452 g/mol. The van der Waals surface area contributed by atoms with Crippen LogP contribution in [0.2, 0.25) is 0 Å². The quantitative estimate of drug-likeness (QED) is 0.351. The van der Waals surface area contributed by atoms with Crippen molar-refractivity contribution in [1.82, 2.24) is 14.9 Å². The topological polar surface area (TPSA) is 33.1 Å². The van der Waals surface area contributed by atoms with Crippen LogP contribution in [-0.2, 0) is 0 Å². The Labute approximate surface area is 200 Å². The molecule has 1 aliphatic heterocycles. The van der Waals surface area contributed by atoms with Gasteiger partial charge in [-0.05, 0) is 84.7 Å². The van der Waals surface area contributed by atoms with Gasteiger partial charge >= 0.3 is 0 Å². The summed E-state index contributed by atoms with van der Waals surface area (Å²) in [5.74, 6) is 0.485. The van der Waals surface area contributed by atoms with Gasteiger partial charge in [0.1, 0.15) is 6.04 Å². The Balaban J connectivity index is 1.64. The molecule has 1 saturated heterocycles. The van der Waals surface area contributed by atoms with E-state index >= 15 is 0 Å². The standard InChI is InChI=1S/C28H28N4S/c1-19(2)21-12-14-22(15-13-21)32-27(26(30-28(32)33)24-10-4-5-16-29-24)25-11-7-17-31(25)23-9-6-8-20(3)18-23/h4-19,26-27H,1-3H3,(H,30,33)/t26-,27-/m1/s1. The van der Waals surface area contributed by atoms with E-state index in [1.54, 1.807) is 0 Å². The van der Waals surface area contributed by atoms with Crippen molar-refractivity contribution in [2.24, 2.45) is 0 Å². The molecule has 5 heteroatoms. The lowest BCUT2D eigenvalue weighted by Gasteiger charge is -2.29. The van der Waals surface area contributed by atoms with Gasteiger partial charge in [0.2, 0.25) is 0 Å². The lowest BCUT2D eigenvalue weighted by molar-refractivity contribution is 0.549. The minimum Gasteiger partial charge on any atom is -0.351 e.